The van der Waals surface area contributed by atoms with E-state index in [4.69, 9.17) is 9.72 Å². The normalized spacial score (nSPS) is 23.5. The number of nitrogens with zero attached hydrogens (tertiary/aromatic N) is 4. The molecule has 3 heterocycles. The molecule has 3 aromatic rings. The molecule has 1 aromatic carbocycles. The minimum absolute atomic E-state index is 0.396. The highest BCUT2D eigenvalue weighted by Gasteiger charge is 2.45. The summed E-state index contributed by atoms with van der Waals surface area (Å²) in [5.74, 6) is 1.21. The molecule has 1 fully saturated rings. The number of rotatable bonds is 9. The molecule has 31 heavy (non-hydrogen) atoms. The van der Waals surface area contributed by atoms with Crippen molar-refractivity contribution in [2.24, 2.45) is 0 Å². The molecule has 0 radical (unpaired) electrons. The maximum atomic E-state index is 10.6. The highest BCUT2D eigenvalue weighted by Crippen LogP contribution is 2.36. The van der Waals surface area contributed by atoms with Gasteiger partial charge in [0.1, 0.15) is 35.2 Å². The highest BCUT2D eigenvalue weighted by atomic mass is 32.2. The second kappa shape index (κ2) is 9.92. The van der Waals surface area contributed by atoms with Gasteiger partial charge in [0.25, 0.3) is 0 Å². The first-order valence-electron chi connectivity index (χ1n) is 10.4. The fourth-order valence-electron chi connectivity index (χ4n) is 3.56. The molecule has 1 aliphatic heterocycles. The summed E-state index contributed by atoms with van der Waals surface area (Å²) >= 11 is 1.55. The van der Waals surface area contributed by atoms with Crippen LogP contribution in [0.4, 0.5) is 5.95 Å². The van der Waals surface area contributed by atoms with E-state index in [1.807, 2.05) is 18.2 Å². The predicted molar refractivity (Wildman–Crippen MR) is 118 cm³/mol. The molecule has 1 aliphatic rings. The second-order valence-electron chi connectivity index (χ2n) is 7.44. The summed E-state index contributed by atoms with van der Waals surface area (Å²) in [4.78, 5) is 13.5. The number of aromatic nitrogens is 4. The molecule has 4 atom stereocenters. The molecule has 166 valence electrons. The second-order valence-corrected chi connectivity index (χ2v) is 8.40. The summed E-state index contributed by atoms with van der Waals surface area (Å²) in [5.41, 5.74) is 2.27. The van der Waals surface area contributed by atoms with E-state index < -0.39 is 31.1 Å². The lowest BCUT2D eigenvalue weighted by molar-refractivity contribution is -0.0501. The molecule has 0 spiro atoms. The number of unbranched alkanes of at least 4 members (excludes halogenated alkanes) is 1. The van der Waals surface area contributed by atoms with Gasteiger partial charge in [0.2, 0.25) is 5.95 Å². The van der Waals surface area contributed by atoms with Gasteiger partial charge in [-0.3, -0.25) is 4.57 Å². The maximum absolute atomic E-state index is 10.6. The summed E-state index contributed by atoms with van der Waals surface area (Å²) in [5, 5.41) is 34.3. The van der Waals surface area contributed by atoms with Gasteiger partial charge in [-0.05, 0) is 12.0 Å². The summed E-state index contributed by atoms with van der Waals surface area (Å²) in [6.45, 7) is 2.39. The SMILES string of the molecule is CCCCNc1nc2c(SCc3ccccc3)ncnc2n1C1OC(CO)C(O)C1O. The number of benzene rings is 1. The number of nitrogens with one attached hydrogen (secondary N) is 1. The predicted octanol–water partition coefficient (Wildman–Crippen LogP) is 1.94. The van der Waals surface area contributed by atoms with Crippen LogP contribution in [-0.2, 0) is 10.5 Å². The number of aliphatic hydroxyl groups excluding tert-OH is 3. The Morgan fingerprint density at radius 1 is 1.16 bits per heavy atom. The Labute approximate surface area is 184 Å². The van der Waals surface area contributed by atoms with Crippen molar-refractivity contribution >= 4 is 28.9 Å². The Kier molecular flexibility index (Phi) is 7.03. The van der Waals surface area contributed by atoms with Crippen LogP contribution in [0.25, 0.3) is 11.2 Å². The Morgan fingerprint density at radius 2 is 1.97 bits per heavy atom. The molecule has 4 N–H and O–H groups in total. The van der Waals surface area contributed by atoms with E-state index in [0.29, 0.717) is 23.7 Å². The fourth-order valence-corrected chi connectivity index (χ4v) is 4.45. The van der Waals surface area contributed by atoms with E-state index in [1.165, 1.54) is 11.9 Å². The Balaban J connectivity index is 1.70. The lowest BCUT2D eigenvalue weighted by Gasteiger charge is -2.19. The number of hydrogen-bond acceptors (Lipinski definition) is 9. The number of thioether (sulfide) groups is 1. The van der Waals surface area contributed by atoms with Crippen molar-refractivity contribution in [1.29, 1.82) is 0 Å². The van der Waals surface area contributed by atoms with Crippen LogP contribution in [0.1, 0.15) is 31.6 Å². The molecule has 10 heteroatoms. The van der Waals surface area contributed by atoms with Crippen LogP contribution in [0, 0.1) is 0 Å². The zero-order chi connectivity index (χ0) is 21.8. The standard InChI is InChI=1S/C21H27N5O4S/c1-2-3-9-22-21-25-15-18(26(21)20-17(29)16(28)14(10-27)30-20)23-12-24-19(15)31-11-13-7-5-4-6-8-13/h4-8,12,14,16-17,20,27-29H,2-3,9-11H2,1H3,(H,22,25). The van der Waals surface area contributed by atoms with Gasteiger partial charge in [0.05, 0.1) is 6.61 Å². The molecule has 0 saturated carbocycles. The van der Waals surface area contributed by atoms with Crippen LogP contribution in [0.2, 0.25) is 0 Å². The zero-order valence-electron chi connectivity index (χ0n) is 17.3. The first-order valence-corrected chi connectivity index (χ1v) is 11.4. The summed E-state index contributed by atoms with van der Waals surface area (Å²) < 4.78 is 7.43. The van der Waals surface area contributed by atoms with Crippen molar-refractivity contribution in [3.05, 3.63) is 42.2 Å². The van der Waals surface area contributed by atoms with Crippen LogP contribution in [0.5, 0.6) is 0 Å². The monoisotopic (exact) mass is 445 g/mol. The lowest BCUT2D eigenvalue weighted by atomic mass is 10.1. The third kappa shape index (κ3) is 4.53. The van der Waals surface area contributed by atoms with Crippen molar-refractivity contribution in [1.82, 2.24) is 19.5 Å². The van der Waals surface area contributed by atoms with E-state index in [2.05, 4.69) is 34.3 Å². The van der Waals surface area contributed by atoms with Gasteiger partial charge >= 0.3 is 0 Å². The van der Waals surface area contributed by atoms with E-state index in [0.717, 1.165) is 23.6 Å². The number of hydrogen-bond donors (Lipinski definition) is 4. The third-order valence-corrected chi connectivity index (χ3v) is 6.30. The van der Waals surface area contributed by atoms with Crippen LogP contribution in [0.3, 0.4) is 0 Å². The smallest absolute Gasteiger partial charge is 0.207 e. The number of aliphatic hydroxyl groups is 3. The van der Waals surface area contributed by atoms with Gasteiger partial charge in [0, 0.05) is 12.3 Å². The topological polar surface area (TPSA) is 126 Å². The average Bonchev–Trinajstić information content (AvgIpc) is 3.30. The maximum Gasteiger partial charge on any atom is 0.207 e. The van der Waals surface area contributed by atoms with Gasteiger partial charge in [-0.1, -0.05) is 55.4 Å². The highest BCUT2D eigenvalue weighted by molar-refractivity contribution is 7.98. The molecule has 0 bridgehead atoms. The average molecular weight is 446 g/mol. The number of ether oxygens (including phenoxy) is 1. The van der Waals surface area contributed by atoms with Gasteiger partial charge in [0.15, 0.2) is 11.9 Å². The van der Waals surface area contributed by atoms with E-state index >= 15 is 0 Å². The Bertz CT molecular complexity index is 1000. The zero-order valence-corrected chi connectivity index (χ0v) is 18.1. The number of anilines is 1. The lowest BCUT2D eigenvalue weighted by Crippen LogP contribution is -2.33. The quantitative estimate of drug-likeness (QED) is 0.222. The van der Waals surface area contributed by atoms with Crippen molar-refractivity contribution in [2.45, 2.75) is 55.1 Å². The van der Waals surface area contributed by atoms with E-state index in [-0.39, 0.29) is 0 Å². The molecule has 2 aromatic heterocycles. The van der Waals surface area contributed by atoms with Crippen molar-refractivity contribution in [3.63, 3.8) is 0 Å². The van der Waals surface area contributed by atoms with Crippen LogP contribution < -0.4 is 5.32 Å². The van der Waals surface area contributed by atoms with Crippen LogP contribution >= 0.6 is 11.8 Å². The van der Waals surface area contributed by atoms with E-state index in [1.54, 1.807) is 16.3 Å². The molecular formula is C21H27N5O4S. The van der Waals surface area contributed by atoms with Crippen molar-refractivity contribution in [2.75, 3.05) is 18.5 Å². The molecule has 4 unspecified atom stereocenters. The molecule has 0 aliphatic carbocycles. The van der Waals surface area contributed by atoms with E-state index in [9.17, 15) is 15.3 Å². The molecule has 9 nitrogen and oxygen atoms in total. The largest absolute Gasteiger partial charge is 0.394 e. The molecule has 1 saturated heterocycles. The minimum Gasteiger partial charge on any atom is -0.394 e. The molecule has 4 rings (SSSR count). The van der Waals surface area contributed by atoms with Gasteiger partial charge in [-0.25, -0.2) is 15.0 Å². The Morgan fingerprint density at radius 3 is 2.68 bits per heavy atom. The van der Waals surface area contributed by atoms with Crippen molar-refractivity contribution < 1.29 is 20.1 Å². The summed E-state index contributed by atoms with van der Waals surface area (Å²) in [6, 6.07) is 10.1. The number of fused-ring (bicyclic) bond motifs is 1. The van der Waals surface area contributed by atoms with Gasteiger partial charge in [-0.15, -0.1) is 0 Å². The summed E-state index contributed by atoms with van der Waals surface area (Å²) in [7, 11) is 0. The fraction of sp³-hybridized carbons (Fsp3) is 0.476. The van der Waals surface area contributed by atoms with Gasteiger partial charge < -0.3 is 25.4 Å². The molecule has 0 amide bonds. The van der Waals surface area contributed by atoms with Crippen LogP contribution in [0.15, 0.2) is 41.7 Å². The third-order valence-electron chi connectivity index (χ3n) is 5.25. The van der Waals surface area contributed by atoms with Gasteiger partial charge in [-0.2, -0.15) is 0 Å². The summed E-state index contributed by atoms with van der Waals surface area (Å²) in [6.07, 6.45) is -0.816. The minimum atomic E-state index is -1.23. The van der Waals surface area contributed by atoms with Crippen LogP contribution in [-0.4, -0.2) is 66.3 Å². The first kappa shape index (κ1) is 22.0. The first-order chi connectivity index (χ1) is 15.1. The Hall–Kier alpha value is -2.24. The number of imidazole rings is 1. The van der Waals surface area contributed by atoms with Crippen molar-refractivity contribution in [3.8, 4) is 0 Å². The molecular weight excluding hydrogens is 418 g/mol.